The van der Waals surface area contributed by atoms with Gasteiger partial charge >= 0.3 is 10.3 Å². The molecule has 1 aliphatic heterocycles. The van der Waals surface area contributed by atoms with Crippen LogP contribution < -0.4 is 4.90 Å². The summed E-state index contributed by atoms with van der Waals surface area (Å²) >= 11 is 0. The SMILES string of the molecule is O=S(=O)(O)N1CCN(c2ccccn2)CC1. The van der Waals surface area contributed by atoms with Gasteiger partial charge in [-0.05, 0) is 12.1 Å². The van der Waals surface area contributed by atoms with Crippen molar-refractivity contribution < 1.29 is 13.0 Å². The van der Waals surface area contributed by atoms with Gasteiger partial charge in [0.05, 0.1) is 0 Å². The second-order valence-electron chi connectivity index (χ2n) is 3.55. The molecule has 0 aromatic carbocycles. The average molecular weight is 243 g/mol. The van der Waals surface area contributed by atoms with Crippen molar-refractivity contribution in [3.63, 3.8) is 0 Å². The molecule has 1 aromatic rings. The highest BCUT2D eigenvalue weighted by molar-refractivity contribution is 7.83. The predicted octanol–water partition coefficient (Wildman–Crippen LogP) is 0.00640. The van der Waals surface area contributed by atoms with E-state index in [2.05, 4.69) is 4.98 Å². The van der Waals surface area contributed by atoms with Crippen LogP contribution in [0.5, 0.6) is 0 Å². The first-order valence-electron chi connectivity index (χ1n) is 4.96. The standard InChI is InChI=1S/C9H13N3O3S/c13-16(14,15)12-7-5-11(6-8-12)9-3-1-2-4-10-9/h1-4H,5-8H2,(H,13,14,15). The summed E-state index contributed by atoms with van der Waals surface area (Å²) in [5.74, 6) is 0.831. The molecule has 0 aliphatic carbocycles. The van der Waals surface area contributed by atoms with Gasteiger partial charge in [-0.3, -0.25) is 4.55 Å². The average Bonchev–Trinajstić information content (AvgIpc) is 2.29. The van der Waals surface area contributed by atoms with Gasteiger partial charge in [-0.2, -0.15) is 12.7 Å². The Morgan fingerprint density at radius 1 is 1.19 bits per heavy atom. The van der Waals surface area contributed by atoms with E-state index < -0.39 is 10.3 Å². The number of hydrogen-bond donors (Lipinski definition) is 1. The van der Waals surface area contributed by atoms with E-state index in [1.54, 1.807) is 6.20 Å². The number of hydrogen-bond acceptors (Lipinski definition) is 4. The van der Waals surface area contributed by atoms with Gasteiger partial charge in [-0.25, -0.2) is 4.98 Å². The Bertz CT molecular complexity index is 440. The van der Waals surface area contributed by atoms with Crippen LogP contribution in [0.3, 0.4) is 0 Å². The van der Waals surface area contributed by atoms with Gasteiger partial charge in [0.15, 0.2) is 0 Å². The number of piperazine rings is 1. The van der Waals surface area contributed by atoms with Crippen LogP contribution in [-0.2, 0) is 10.3 Å². The van der Waals surface area contributed by atoms with Crippen molar-refractivity contribution in [2.24, 2.45) is 0 Å². The van der Waals surface area contributed by atoms with Crippen molar-refractivity contribution in [2.45, 2.75) is 0 Å². The first-order valence-corrected chi connectivity index (χ1v) is 6.35. The van der Waals surface area contributed by atoms with Crippen molar-refractivity contribution >= 4 is 16.1 Å². The Kier molecular flexibility index (Phi) is 3.08. The van der Waals surface area contributed by atoms with Crippen molar-refractivity contribution in [3.05, 3.63) is 24.4 Å². The summed E-state index contributed by atoms with van der Waals surface area (Å²) in [6.07, 6.45) is 1.70. The van der Waals surface area contributed by atoms with Gasteiger partial charge < -0.3 is 4.90 Å². The van der Waals surface area contributed by atoms with E-state index in [1.165, 1.54) is 0 Å². The number of anilines is 1. The molecular formula is C9H13N3O3S. The van der Waals surface area contributed by atoms with Gasteiger partial charge in [0, 0.05) is 32.4 Å². The molecule has 6 nitrogen and oxygen atoms in total. The molecule has 2 heterocycles. The summed E-state index contributed by atoms with van der Waals surface area (Å²) in [7, 11) is -4.05. The zero-order valence-electron chi connectivity index (χ0n) is 8.65. The lowest BCUT2D eigenvalue weighted by Crippen LogP contribution is -2.48. The Morgan fingerprint density at radius 3 is 2.38 bits per heavy atom. The number of aromatic nitrogens is 1. The highest BCUT2D eigenvalue weighted by Crippen LogP contribution is 2.13. The lowest BCUT2D eigenvalue weighted by molar-refractivity contribution is 0.335. The molecule has 1 fully saturated rings. The molecule has 2 rings (SSSR count). The third-order valence-corrected chi connectivity index (χ3v) is 3.56. The van der Waals surface area contributed by atoms with Crippen LogP contribution in [0.1, 0.15) is 0 Å². The summed E-state index contributed by atoms with van der Waals surface area (Å²) < 4.78 is 31.7. The molecule has 0 bridgehead atoms. The van der Waals surface area contributed by atoms with Gasteiger partial charge in [0.2, 0.25) is 0 Å². The van der Waals surface area contributed by atoms with Crippen molar-refractivity contribution in [3.8, 4) is 0 Å². The molecule has 0 spiro atoms. The maximum absolute atomic E-state index is 10.9. The Morgan fingerprint density at radius 2 is 1.88 bits per heavy atom. The van der Waals surface area contributed by atoms with E-state index in [0.717, 1.165) is 10.1 Å². The van der Waals surface area contributed by atoms with Crippen molar-refractivity contribution in [1.29, 1.82) is 0 Å². The molecule has 0 unspecified atom stereocenters. The van der Waals surface area contributed by atoms with Crippen LogP contribution in [0.2, 0.25) is 0 Å². The summed E-state index contributed by atoms with van der Waals surface area (Å²) in [6.45, 7) is 1.65. The van der Waals surface area contributed by atoms with Crippen LogP contribution in [0.4, 0.5) is 5.82 Å². The van der Waals surface area contributed by atoms with E-state index in [9.17, 15) is 8.42 Å². The van der Waals surface area contributed by atoms with Gasteiger partial charge in [0.1, 0.15) is 5.82 Å². The zero-order chi connectivity index (χ0) is 11.6. The monoisotopic (exact) mass is 243 g/mol. The molecule has 1 aliphatic rings. The normalized spacial score (nSPS) is 18.7. The second kappa shape index (κ2) is 4.36. The molecule has 88 valence electrons. The Labute approximate surface area is 94.4 Å². The fraction of sp³-hybridized carbons (Fsp3) is 0.444. The third-order valence-electron chi connectivity index (χ3n) is 2.54. The first-order chi connectivity index (χ1) is 7.57. The second-order valence-corrected chi connectivity index (χ2v) is 4.96. The maximum Gasteiger partial charge on any atom is 0.336 e. The Hall–Kier alpha value is -1.18. The van der Waals surface area contributed by atoms with E-state index in [1.807, 2.05) is 23.1 Å². The smallest absolute Gasteiger partial charge is 0.336 e. The maximum atomic E-state index is 10.9. The molecule has 7 heteroatoms. The topological polar surface area (TPSA) is 73.7 Å². The highest BCUT2D eigenvalue weighted by atomic mass is 32.2. The molecule has 0 radical (unpaired) electrons. The first kappa shape index (κ1) is 11.3. The molecular weight excluding hydrogens is 230 g/mol. The van der Waals surface area contributed by atoms with Crippen LogP contribution >= 0.6 is 0 Å². The van der Waals surface area contributed by atoms with Gasteiger partial charge in [-0.15, -0.1) is 0 Å². The summed E-state index contributed by atoms with van der Waals surface area (Å²) in [5.41, 5.74) is 0. The molecule has 0 saturated carbocycles. The van der Waals surface area contributed by atoms with E-state index in [-0.39, 0.29) is 13.1 Å². The van der Waals surface area contributed by atoms with Gasteiger partial charge in [0.25, 0.3) is 0 Å². The summed E-state index contributed by atoms with van der Waals surface area (Å²) in [6, 6.07) is 5.60. The van der Waals surface area contributed by atoms with E-state index >= 15 is 0 Å². The number of pyridine rings is 1. The van der Waals surface area contributed by atoms with Crippen LogP contribution in [0.15, 0.2) is 24.4 Å². The molecule has 1 aromatic heterocycles. The lowest BCUT2D eigenvalue weighted by atomic mass is 10.3. The quantitative estimate of drug-likeness (QED) is 0.740. The Balaban J connectivity index is 2.01. The fourth-order valence-electron chi connectivity index (χ4n) is 1.69. The molecule has 1 saturated heterocycles. The van der Waals surface area contributed by atoms with Crippen LogP contribution in [-0.4, -0.2) is 48.4 Å². The minimum atomic E-state index is -4.05. The predicted molar refractivity (Wildman–Crippen MR) is 59.6 cm³/mol. The molecule has 0 amide bonds. The van der Waals surface area contributed by atoms with Gasteiger partial charge in [-0.1, -0.05) is 6.07 Å². The minimum absolute atomic E-state index is 0.287. The fourth-order valence-corrected chi connectivity index (χ4v) is 2.31. The van der Waals surface area contributed by atoms with Crippen LogP contribution in [0, 0.1) is 0 Å². The molecule has 1 N–H and O–H groups in total. The highest BCUT2D eigenvalue weighted by Gasteiger charge is 2.25. The van der Waals surface area contributed by atoms with Crippen molar-refractivity contribution in [2.75, 3.05) is 31.1 Å². The van der Waals surface area contributed by atoms with Crippen molar-refractivity contribution in [1.82, 2.24) is 9.29 Å². The summed E-state index contributed by atoms with van der Waals surface area (Å²) in [5, 5.41) is 0. The third kappa shape index (κ3) is 2.49. The van der Waals surface area contributed by atoms with E-state index in [4.69, 9.17) is 4.55 Å². The van der Waals surface area contributed by atoms with E-state index in [0.29, 0.717) is 13.1 Å². The molecule has 0 atom stereocenters. The van der Waals surface area contributed by atoms with Crippen LogP contribution in [0.25, 0.3) is 0 Å². The minimum Gasteiger partial charge on any atom is -0.354 e. The summed E-state index contributed by atoms with van der Waals surface area (Å²) in [4.78, 5) is 6.17. The lowest BCUT2D eigenvalue weighted by Gasteiger charge is -2.33. The number of rotatable bonds is 2. The largest absolute Gasteiger partial charge is 0.354 e. The molecule has 16 heavy (non-hydrogen) atoms. The zero-order valence-corrected chi connectivity index (χ0v) is 9.47. The number of nitrogens with zero attached hydrogens (tertiary/aromatic N) is 3.